The molecule has 1 aliphatic rings. The molecule has 7 rings (SSSR count). The molecule has 0 fully saturated rings. The van der Waals surface area contributed by atoms with Crippen LogP contribution in [0.2, 0.25) is 0 Å². The Kier molecular flexibility index (Phi) is 5.12. The summed E-state index contributed by atoms with van der Waals surface area (Å²) >= 11 is 0. The Hall–Kier alpha value is -4.68. The lowest BCUT2D eigenvalue weighted by molar-refractivity contribution is -0.138. The SMILES string of the molecule is FC(F)(F)c1ccc(-n2c3ccc(C4C=C=c5[nH]c6ccccc6c5=C4)cc3c3cc(C(F)(F)F)ccc32)cc1. The number of H-pyrrole nitrogens is 1. The molecule has 1 atom stereocenters. The molecule has 2 heterocycles. The van der Waals surface area contributed by atoms with Gasteiger partial charge in [-0.05, 0) is 72.3 Å². The van der Waals surface area contributed by atoms with E-state index < -0.39 is 23.5 Å². The van der Waals surface area contributed by atoms with Gasteiger partial charge in [0.1, 0.15) is 0 Å². The van der Waals surface area contributed by atoms with Crippen LogP contribution in [0.4, 0.5) is 26.3 Å². The van der Waals surface area contributed by atoms with Crippen molar-refractivity contribution in [1.29, 1.82) is 0 Å². The van der Waals surface area contributed by atoms with Crippen molar-refractivity contribution in [3.63, 3.8) is 0 Å². The van der Waals surface area contributed by atoms with E-state index in [0.717, 1.165) is 51.3 Å². The van der Waals surface area contributed by atoms with Crippen molar-refractivity contribution in [3.8, 4) is 5.69 Å². The van der Waals surface area contributed by atoms with Crippen molar-refractivity contribution in [1.82, 2.24) is 9.55 Å². The van der Waals surface area contributed by atoms with Crippen LogP contribution in [0.3, 0.4) is 0 Å². The number of nitrogens with zero attached hydrogens (tertiary/aromatic N) is 1. The minimum atomic E-state index is -4.55. The molecular weight excluding hydrogens is 526 g/mol. The molecule has 2 aromatic heterocycles. The van der Waals surface area contributed by atoms with Crippen molar-refractivity contribution >= 4 is 44.5 Å². The Morgan fingerprint density at radius 2 is 1.32 bits per heavy atom. The largest absolute Gasteiger partial charge is 0.416 e. The van der Waals surface area contributed by atoms with Gasteiger partial charge in [0.15, 0.2) is 0 Å². The number of hydrogen-bond donors (Lipinski definition) is 1. The molecular formula is C32H18F6N2. The van der Waals surface area contributed by atoms with Crippen LogP contribution < -0.4 is 10.6 Å². The molecule has 1 aliphatic carbocycles. The molecule has 0 aliphatic heterocycles. The smallest absolute Gasteiger partial charge is 0.348 e. The van der Waals surface area contributed by atoms with E-state index in [9.17, 15) is 26.3 Å². The number of benzene rings is 4. The van der Waals surface area contributed by atoms with Gasteiger partial charge in [-0.2, -0.15) is 26.3 Å². The summed E-state index contributed by atoms with van der Waals surface area (Å²) < 4.78 is 82.3. The van der Waals surface area contributed by atoms with Gasteiger partial charge in [0.25, 0.3) is 0 Å². The van der Waals surface area contributed by atoms with E-state index >= 15 is 0 Å². The number of para-hydroxylation sites is 1. The van der Waals surface area contributed by atoms with Gasteiger partial charge in [-0.3, -0.25) is 0 Å². The fourth-order valence-electron chi connectivity index (χ4n) is 5.55. The van der Waals surface area contributed by atoms with Crippen LogP contribution >= 0.6 is 0 Å². The van der Waals surface area contributed by atoms with E-state index in [4.69, 9.17) is 0 Å². The third-order valence-electron chi connectivity index (χ3n) is 7.45. The highest BCUT2D eigenvalue weighted by atomic mass is 19.4. The zero-order valence-electron chi connectivity index (χ0n) is 20.5. The first kappa shape index (κ1) is 24.4. The third-order valence-corrected chi connectivity index (χ3v) is 7.45. The molecule has 0 saturated carbocycles. The molecule has 0 spiro atoms. The van der Waals surface area contributed by atoms with Crippen molar-refractivity contribution < 1.29 is 26.3 Å². The molecule has 8 heteroatoms. The normalized spacial score (nSPS) is 15.4. The van der Waals surface area contributed by atoms with Crippen LogP contribution in [0.5, 0.6) is 0 Å². The van der Waals surface area contributed by atoms with Crippen LogP contribution in [0, 0.1) is 0 Å². The van der Waals surface area contributed by atoms with E-state index in [0.29, 0.717) is 27.5 Å². The van der Waals surface area contributed by atoms with E-state index in [1.54, 1.807) is 4.57 Å². The van der Waals surface area contributed by atoms with E-state index in [1.807, 2.05) is 48.5 Å². The Balaban J connectivity index is 1.44. The maximum Gasteiger partial charge on any atom is 0.416 e. The predicted octanol–water partition coefficient (Wildman–Crippen LogP) is 7.82. The first-order chi connectivity index (χ1) is 19.1. The van der Waals surface area contributed by atoms with Gasteiger partial charge in [0.05, 0.1) is 27.5 Å². The summed E-state index contributed by atoms with van der Waals surface area (Å²) in [5.74, 6) is -0.175. The summed E-state index contributed by atoms with van der Waals surface area (Å²) in [5, 5.41) is 3.87. The maximum absolute atomic E-state index is 13.7. The highest BCUT2D eigenvalue weighted by Gasteiger charge is 2.32. The summed E-state index contributed by atoms with van der Waals surface area (Å²) in [6, 6.07) is 21.5. The molecule has 0 saturated heterocycles. The second-order valence-electron chi connectivity index (χ2n) is 9.85. The summed E-state index contributed by atoms with van der Waals surface area (Å²) in [5.41, 5.74) is 5.04. The average Bonchev–Trinajstić information content (AvgIpc) is 3.46. The zero-order valence-corrected chi connectivity index (χ0v) is 20.5. The highest BCUT2D eigenvalue weighted by Crippen LogP contribution is 2.39. The van der Waals surface area contributed by atoms with Crippen molar-refractivity contribution in [2.75, 3.05) is 0 Å². The number of halogens is 6. The second kappa shape index (κ2) is 8.41. The Morgan fingerprint density at radius 3 is 2.05 bits per heavy atom. The quantitative estimate of drug-likeness (QED) is 0.215. The summed E-state index contributed by atoms with van der Waals surface area (Å²) in [6.07, 6.45) is -5.03. The first-order valence-electron chi connectivity index (χ1n) is 12.5. The topological polar surface area (TPSA) is 20.7 Å². The minimum Gasteiger partial charge on any atom is -0.348 e. The molecule has 198 valence electrons. The van der Waals surface area contributed by atoms with Gasteiger partial charge < -0.3 is 9.55 Å². The minimum absolute atomic E-state index is 0.175. The number of fused-ring (bicyclic) bond motifs is 6. The lowest BCUT2D eigenvalue weighted by Gasteiger charge is -2.12. The van der Waals surface area contributed by atoms with E-state index in [1.165, 1.54) is 18.2 Å². The molecule has 1 unspecified atom stereocenters. The number of alkyl halides is 6. The first-order valence-corrected chi connectivity index (χ1v) is 12.5. The Morgan fingerprint density at radius 1 is 0.675 bits per heavy atom. The second-order valence-corrected chi connectivity index (χ2v) is 9.85. The van der Waals surface area contributed by atoms with Crippen molar-refractivity contribution in [2.24, 2.45) is 0 Å². The van der Waals surface area contributed by atoms with E-state index in [-0.39, 0.29) is 5.92 Å². The van der Waals surface area contributed by atoms with Gasteiger partial charge in [0.2, 0.25) is 0 Å². The number of aromatic nitrogens is 2. The van der Waals surface area contributed by atoms with Crippen molar-refractivity contribution in [2.45, 2.75) is 18.3 Å². The van der Waals surface area contributed by atoms with Crippen LogP contribution in [0.1, 0.15) is 22.6 Å². The number of nitrogens with one attached hydrogen (secondary N) is 1. The van der Waals surface area contributed by atoms with Crippen LogP contribution in [0.15, 0.2) is 91.0 Å². The maximum atomic E-state index is 13.7. The molecule has 6 aromatic rings. The van der Waals surface area contributed by atoms with Gasteiger partial charge in [-0.15, -0.1) is 0 Å². The number of rotatable bonds is 2. The molecule has 0 bridgehead atoms. The number of aromatic amines is 1. The Bertz CT molecular complexity index is 2120. The summed E-state index contributed by atoms with van der Waals surface area (Å²) in [7, 11) is 0. The van der Waals surface area contributed by atoms with Gasteiger partial charge in [0, 0.05) is 38.5 Å². The van der Waals surface area contributed by atoms with E-state index in [2.05, 4.69) is 16.8 Å². The average molecular weight is 544 g/mol. The monoisotopic (exact) mass is 544 g/mol. The summed E-state index contributed by atoms with van der Waals surface area (Å²) in [6.45, 7) is 0. The number of allylic oxidation sites excluding steroid dienone is 1. The Labute approximate surface area is 222 Å². The van der Waals surface area contributed by atoms with Gasteiger partial charge >= 0.3 is 12.4 Å². The molecule has 0 amide bonds. The third kappa shape index (κ3) is 3.83. The van der Waals surface area contributed by atoms with Crippen molar-refractivity contribution in [3.05, 3.63) is 118 Å². The van der Waals surface area contributed by atoms with Gasteiger partial charge in [-0.25, -0.2) is 0 Å². The zero-order chi connectivity index (χ0) is 27.8. The molecule has 1 N–H and O–H groups in total. The molecule has 40 heavy (non-hydrogen) atoms. The predicted molar refractivity (Wildman–Crippen MR) is 144 cm³/mol. The fraction of sp³-hybridized carbons (Fsp3) is 0.0938. The van der Waals surface area contributed by atoms with Crippen LogP contribution in [0.25, 0.3) is 50.2 Å². The molecule has 4 aromatic carbocycles. The lowest BCUT2D eigenvalue weighted by atomic mass is 9.94. The fourth-order valence-corrected chi connectivity index (χ4v) is 5.55. The molecule has 2 nitrogen and oxygen atoms in total. The number of hydrogen-bond acceptors (Lipinski definition) is 0. The van der Waals surface area contributed by atoms with Crippen LogP contribution in [-0.2, 0) is 12.4 Å². The lowest BCUT2D eigenvalue weighted by Crippen LogP contribution is -2.24. The summed E-state index contributed by atoms with van der Waals surface area (Å²) in [4.78, 5) is 3.34. The standard InChI is InChI=1S/C32H18F6N2/c33-31(34,35)20-7-10-22(11-8-20)40-29-13-6-19(16-25(29)26-17-21(32(36,37)38)9-14-30(26)40)18-5-12-28-24(15-18)23-3-1-2-4-27(23)39-28/h1-11,13-18,39H. The molecule has 0 radical (unpaired) electrons. The van der Waals surface area contributed by atoms with Crippen LogP contribution in [-0.4, -0.2) is 9.55 Å². The van der Waals surface area contributed by atoms with Gasteiger partial charge in [-0.1, -0.05) is 36.1 Å². The highest BCUT2D eigenvalue weighted by molar-refractivity contribution is 6.10.